The number of nitrogens with two attached hydrogens (primary N) is 1. The van der Waals surface area contributed by atoms with Gasteiger partial charge in [0.1, 0.15) is 24.2 Å². The van der Waals surface area contributed by atoms with Crippen molar-refractivity contribution in [2.45, 2.75) is 45.0 Å². The van der Waals surface area contributed by atoms with Gasteiger partial charge in [-0.25, -0.2) is 9.79 Å². The molecule has 14 nitrogen and oxygen atoms in total. The number of aliphatic imine (C=N–C) groups is 1. The van der Waals surface area contributed by atoms with Crippen molar-refractivity contribution in [2.75, 3.05) is 11.6 Å². The number of amidine groups is 1. The van der Waals surface area contributed by atoms with E-state index in [1.807, 2.05) is 0 Å². The van der Waals surface area contributed by atoms with Crippen LogP contribution in [0, 0.1) is 0 Å². The SMILES string of the molecule is CC(C)(C)OC(=O)[C@@H](OCc1oc(N2CNC3=C(N)N=C(Cl)N[C@@H]32)c(O)c1O)P(=O)(O)O. The number of aromatic hydroxyl groups is 2. The number of anilines is 1. The maximum atomic E-state index is 12.2. The van der Waals surface area contributed by atoms with Gasteiger partial charge in [-0.05, 0) is 32.4 Å². The largest absolute Gasteiger partial charge is 0.502 e. The molecule has 1 saturated heterocycles. The molecular formula is C16H23ClN5O9P. The minimum atomic E-state index is -5.09. The first-order valence-electron chi connectivity index (χ1n) is 9.13. The van der Waals surface area contributed by atoms with Crippen molar-refractivity contribution in [3.63, 3.8) is 0 Å². The number of ether oxygens (including phenoxy) is 2. The van der Waals surface area contributed by atoms with Gasteiger partial charge in [0, 0.05) is 0 Å². The Morgan fingerprint density at radius 1 is 1.41 bits per heavy atom. The monoisotopic (exact) mass is 495 g/mol. The van der Waals surface area contributed by atoms with Crippen LogP contribution in [0.25, 0.3) is 0 Å². The van der Waals surface area contributed by atoms with Crippen LogP contribution in [0.3, 0.4) is 0 Å². The van der Waals surface area contributed by atoms with Gasteiger partial charge in [-0.15, -0.1) is 0 Å². The summed E-state index contributed by atoms with van der Waals surface area (Å²) in [5, 5.41) is 26.3. The first kappa shape index (κ1) is 24.0. The van der Waals surface area contributed by atoms with E-state index in [0.29, 0.717) is 5.70 Å². The summed E-state index contributed by atoms with van der Waals surface area (Å²) < 4.78 is 27.2. The molecule has 0 aromatic carbocycles. The molecule has 2 aliphatic rings. The molecule has 178 valence electrons. The second-order valence-electron chi connectivity index (χ2n) is 7.87. The highest BCUT2D eigenvalue weighted by atomic mass is 35.5. The summed E-state index contributed by atoms with van der Waals surface area (Å²) in [6.45, 7) is 3.86. The Morgan fingerprint density at radius 2 is 2.06 bits per heavy atom. The maximum Gasteiger partial charge on any atom is 0.365 e. The lowest BCUT2D eigenvalue weighted by Gasteiger charge is -2.26. The minimum Gasteiger partial charge on any atom is -0.502 e. The number of rotatable bonds is 6. The number of hydrogen-bond acceptors (Lipinski definition) is 12. The number of carbonyl (C=O) groups excluding carboxylic acids is 1. The fourth-order valence-electron chi connectivity index (χ4n) is 2.94. The summed E-state index contributed by atoms with van der Waals surface area (Å²) in [4.78, 5) is 36.4. The van der Waals surface area contributed by atoms with E-state index >= 15 is 0 Å². The standard InChI is InChI=1S/C16H23ClN5O9P/c1-16(2,3)31-13(25)14(32(26,27)28)29-4-6-8(23)9(24)12(30-6)22-5-19-7-10(18)20-15(17)21-11(7)22/h11,14,19,23-24H,4-5,18H2,1-3H3,(H,20,21)(H2,26,27,28)/t11-,14+/m1/s1. The van der Waals surface area contributed by atoms with Crippen LogP contribution in [0.1, 0.15) is 26.5 Å². The predicted octanol–water partition coefficient (Wildman–Crippen LogP) is 0.0719. The number of carbonyl (C=O) groups is 1. The molecule has 1 fully saturated rings. The molecule has 1 aromatic heterocycles. The zero-order valence-electron chi connectivity index (χ0n) is 17.2. The Hall–Kier alpha value is -2.64. The molecule has 0 spiro atoms. The van der Waals surface area contributed by atoms with Crippen molar-refractivity contribution in [3.05, 3.63) is 17.3 Å². The van der Waals surface area contributed by atoms with Gasteiger partial charge < -0.3 is 50.3 Å². The van der Waals surface area contributed by atoms with Crippen LogP contribution >= 0.6 is 19.2 Å². The van der Waals surface area contributed by atoms with Gasteiger partial charge in [-0.3, -0.25) is 9.46 Å². The van der Waals surface area contributed by atoms with Crippen LogP contribution in [-0.4, -0.2) is 55.5 Å². The van der Waals surface area contributed by atoms with Crippen molar-refractivity contribution >= 4 is 36.3 Å². The number of nitrogens with one attached hydrogen (secondary N) is 2. The van der Waals surface area contributed by atoms with E-state index in [0.717, 1.165) is 0 Å². The van der Waals surface area contributed by atoms with Gasteiger partial charge in [0.15, 0.2) is 11.1 Å². The van der Waals surface area contributed by atoms with Crippen molar-refractivity contribution in [1.29, 1.82) is 0 Å². The third-order valence-electron chi connectivity index (χ3n) is 4.23. The van der Waals surface area contributed by atoms with E-state index < -0.39 is 49.3 Å². The minimum absolute atomic E-state index is 0.00868. The Labute approximate surface area is 186 Å². The van der Waals surface area contributed by atoms with E-state index in [1.165, 1.54) is 25.7 Å². The number of furan rings is 1. The maximum absolute atomic E-state index is 12.2. The first-order valence-corrected chi connectivity index (χ1v) is 11.2. The van der Waals surface area contributed by atoms with Crippen LogP contribution < -0.4 is 21.3 Å². The number of hydrogen-bond donors (Lipinski definition) is 7. The second kappa shape index (κ2) is 8.37. The number of fused-ring (bicyclic) bond motifs is 1. The zero-order chi connectivity index (χ0) is 24.0. The lowest BCUT2D eigenvalue weighted by Crippen LogP contribution is -2.46. The van der Waals surface area contributed by atoms with E-state index in [2.05, 4.69) is 15.6 Å². The Morgan fingerprint density at radius 3 is 2.66 bits per heavy atom. The molecule has 3 heterocycles. The normalized spacial score (nSPS) is 19.8. The second-order valence-corrected chi connectivity index (χ2v) is 9.87. The fourth-order valence-corrected chi connectivity index (χ4v) is 3.73. The number of halogens is 1. The van der Waals surface area contributed by atoms with Gasteiger partial charge in [-0.2, -0.15) is 0 Å². The third kappa shape index (κ3) is 4.89. The van der Waals surface area contributed by atoms with E-state index in [4.69, 9.17) is 31.2 Å². The number of nitrogens with zero attached hydrogens (tertiary/aromatic N) is 2. The lowest BCUT2D eigenvalue weighted by molar-refractivity contribution is -0.164. The zero-order valence-corrected chi connectivity index (χ0v) is 18.8. The highest BCUT2D eigenvalue weighted by Gasteiger charge is 2.42. The highest BCUT2D eigenvalue weighted by Crippen LogP contribution is 2.47. The van der Waals surface area contributed by atoms with Gasteiger partial charge >= 0.3 is 13.6 Å². The highest BCUT2D eigenvalue weighted by molar-refractivity contribution is 7.53. The quantitative estimate of drug-likeness (QED) is 0.158. The van der Waals surface area contributed by atoms with Crippen molar-refractivity contribution in [2.24, 2.45) is 10.7 Å². The average molecular weight is 496 g/mol. The molecule has 0 unspecified atom stereocenters. The molecule has 8 N–H and O–H groups in total. The molecule has 0 bridgehead atoms. The predicted molar refractivity (Wildman–Crippen MR) is 110 cm³/mol. The van der Waals surface area contributed by atoms with Crippen LogP contribution in [0.5, 0.6) is 11.5 Å². The Bertz CT molecular complexity index is 1030. The molecule has 0 saturated carbocycles. The lowest BCUT2D eigenvalue weighted by atomic mass is 10.2. The average Bonchev–Trinajstić information content (AvgIpc) is 3.15. The topological polar surface area (TPSA) is 212 Å². The molecule has 3 rings (SSSR count). The van der Waals surface area contributed by atoms with E-state index in [-0.39, 0.29) is 29.4 Å². The van der Waals surface area contributed by atoms with Crippen LogP contribution in [0.15, 0.2) is 20.9 Å². The summed E-state index contributed by atoms with van der Waals surface area (Å²) in [5.41, 5.74) is 5.24. The molecule has 32 heavy (non-hydrogen) atoms. The summed E-state index contributed by atoms with van der Waals surface area (Å²) >= 11 is 5.90. The molecule has 0 amide bonds. The van der Waals surface area contributed by atoms with Crippen LogP contribution in [0.2, 0.25) is 0 Å². The molecular weight excluding hydrogens is 473 g/mol. The molecule has 2 atom stereocenters. The van der Waals surface area contributed by atoms with Gasteiger partial charge in [-0.1, -0.05) is 0 Å². The molecule has 16 heteroatoms. The van der Waals surface area contributed by atoms with E-state index in [9.17, 15) is 29.4 Å². The molecule has 0 aliphatic carbocycles. The van der Waals surface area contributed by atoms with Crippen molar-refractivity contribution < 1.29 is 43.3 Å². The summed E-state index contributed by atoms with van der Waals surface area (Å²) in [7, 11) is -5.09. The summed E-state index contributed by atoms with van der Waals surface area (Å²) in [6.07, 6.45) is -0.699. The number of esters is 1. The third-order valence-corrected chi connectivity index (χ3v) is 5.40. The van der Waals surface area contributed by atoms with E-state index in [1.54, 1.807) is 0 Å². The van der Waals surface area contributed by atoms with Crippen LogP contribution in [0.4, 0.5) is 5.88 Å². The smallest absolute Gasteiger partial charge is 0.365 e. The molecule has 2 aliphatic heterocycles. The fraction of sp³-hybridized carbons (Fsp3) is 0.500. The van der Waals surface area contributed by atoms with Gasteiger partial charge in [0.2, 0.25) is 17.4 Å². The van der Waals surface area contributed by atoms with Crippen molar-refractivity contribution in [1.82, 2.24) is 10.6 Å². The molecule has 1 aromatic rings. The van der Waals surface area contributed by atoms with Gasteiger partial charge in [0.05, 0.1) is 12.4 Å². The molecule has 0 radical (unpaired) electrons. The van der Waals surface area contributed by atoms with Gasteiger partial charge in [0.25, 0.3) is 5.85 Å². The summed E-state index contributed by atoms with van der Waals surface area (Å²) in [5.74, 6) is -5.47. The van der Waals surface area contributed by atoms with Crippen LogP contribution in [-0.2, 0) is 25.4 Å². The van der Waals surface area contributed by atoms with Crippen molar-refractivity contribution in [3.8, 4) is 11.5 Å². The first-order chi connectivity index (χ1) is 14.7. The Kier molecular flexibility index (Phi) is 6.28. The summed E-state index contributed by atoms with van der Waals surface area (Å²) in [6, 6.07) is 0. The Balaban J connectivity index is 1.81.